The number of pyridine rings is 1. The first-order chi connectivity index (χ1) is 13.8. The van der Waals surface area contributed by atoms with E-state index < -0.39 is 0 Å². The van der Waals surface area contributed by atoms with Crippen LogP contribution in [0.4, 0.5) is 0 Å². The van der Waals surface area contributed by atoms with Gasteiger partial charge in [0, 0.05) is 35.8 Å². The molecule has 2 heterocycles. The van der Waals surface area contributed by atoms with Gasteiger partial charge in [0.25, 0.3) is 0 Å². The molecule has 1 aromatic heterocycles. The monoisotopic (exact) mass is 371 g/mol. The Bertz CT molecular complexity index is 999. The first-order valence-corrected chi connectivity index (χ1v) is 9.16. The molecule has 2 N–H and O–H groups in total. The molecule has 0 fully saturated rings. The van der Waals surface area contributed by atoms with Gasteiger partial charge in [-0.1, -0.05) is 30.3 Å². The van der Waals surface area contributed by atoms with Crippen molar-refractivity contribution < 1.29 is 9.47 Å². The third-order valence-electron chi connectivity index (χ3n) is 4.49. The fourth-order valence-electron chi connectivity index (χ4n) is 3.12. The van der Waals surface area contributed by atoms with Gasteiger partial charge in [-0.25, -0.2) is 0 Å². The number of aromatic nitrogens is 1. The van der Waals surface area contributed by atoms with Gasteiger partial charge in [0.1, 0.15) is 24.7 Å². The summed E-state index contributed by atoms with van der Waals surface area (Å²) < 4.78 is 11.9. The van der Waals surface area contributed by atoms with Crippen LogP contribution in [0.5, 0.6) is 11.5 Å². The van der Waals surface area contributed by atoms with Crippen LogP contribution in [0.1, 0.15) is 16.7 Å². The van der Waals surface area contributed by atoms with Crippen molar-refractivity contribution in [2.24, 2.45) is 10.7 Å². The zero-order chi connectivity index (χ0) is 19.2. The third kappa shape index (κ3) is 3.88. The van der Waals surface area contributed by atoms with E-state index in [1.165, 1.54) is 0 Å². The second-order valence-corrected chi connectivity index (χ2v) is 6.33. The van der Waals surface area contributed by atoms with E-state index in [4.69, 9.17) is 20.2 Å². The van der Waals surface area contributed by atoms with Crippen LogP contribution in [-0.4, -0.2) is 23.8 Å². The molecule has 0 spiro atoms. The number of rotatable bonds is 5. The number of aliphatic imine (C=N–C) groups is 1. The Hall–Kier alpha value is -3.60. The average Bonchev–Trinajstić information content (AvgIpc) is 2.97. The van der Waals surface area contributed by atoms with E-state index >= 15 is 0 Å². The number of ether oxygens (including phenoxy) is 2. The Morgan fingerprint density at radius 3 is 2.68 bits per heavy atom. The molecule has 0 radical (unpaired) electrons. The quantitative estimate of drug-likeness (QED) is 0.740. The van der Waals surface area contributed by atoms with Crippen molar-refractivity contribution in [3.63, 3.8) is 0 Å². The van der Waals surface area contributed by atoms with Crippen LogP contribution in [0.25, 0.3) is 5.57 Å². The van der Waals surface area contributed by atoms with Crippen molar-refractivity contribution in [3.05, 3.63) is 95.9 Å². The molecule has 0 saturated carbocycles. The maximum atomic E-state index is 5.96. The van der Waals surface area contributed by atoms with Gasteiger partial charge in [-0.3, -0.25) is 9.98 Å². The zero-order valence-electron chi connectivity index (χ0n) is 15.4. The summed E-state index contributed by atoms with van der Waals surface area (Å²) in [6.07, 6.45) is 5.07. The second kappa shape index (κ2) is 8.39. The predicted octanol–water partition coefficient (Wildman–Crippen LogP) is 3.84. The van der Waals surface area contributed by atoms with E-state index in [1.54, 1.807) is 18.6 Å². The molecule has 5 heteroatoms. The minimum atomic E-state index is 0.505. The molecular formula is C23H21N3O2. The van der Waals surface area contributed by atoms with Gasteiger partial charge in [0.05, 0.1) is 12.3 Å². The minimum absolute atomic E-state index is 0.505. The Labute approximate surface area is 164 Å². The van der Waals surface area contributed by atoms with Crippen molar-refractivity contribution in [2.75, 3.05) is 13.2 Å². The molecule has 0 bridgehead atoms. The Kier molecular flexibility index (Phi) is 5.33. The zero-order valence-corrected chi connectivity index (χ0v) is 15.4. The van der Waals surface area contributed by atoms with E-state index in [0.717, 1.165) is 39.5 Å². The van der Waals surface area contributed by atoms with Crippen molar-refractivity contribution in [2.45, 2.75) is 6.61 Å². The summed E-state index contributed by atoms with van der Waals surface area (Å²) in [6.45, 7) is 1.57. The summed E-state index contributed by atoms with van der Waals surface area (Å²) in [5.41, 5.74) is 10.6. The van der Waals surface area contributed by atoms with Gasteiger partial charge in [-0.05, 0) is 35.4 Å². The number of allylic oxidation sites excluding steroid dienone is 1. The molecule has 2 aromatic carbocycles. The van der Waals surface area contributed by atoms with Crippen LogP contribution < -0.4 is 15.2 Å². The van der Waals surface area contributed by atoms with Gasteiger partial charge < -0.3 is 15.2 Å². The van der Waals surface area contributed by atoms with Gasteiger partial charge in [-0.2, -0.15) is 0 Å². The van der Waals surface area contributed by atoms with E-state index in [-0.39, 0.29) is 0 Å². The van der Waals surface area contributed by atoms with Crippen molar-refractivity contribution >= 4 is 11.3 Å². The van der Waals surface area contributed by atoms with E-state index in [2.05, 4.69) is 4.98 Å². The number of nitrogens with two attached hydrogens (primary N) is 1. The molecule has 5 nitrogen and oxygen atoms in total. The molecule has 140 valence electrons. The lowest BCUT2D eigenvalue weighted by atomic mass is 9.96. The lowest BCUT2D eigenvalue weighted by Gasteiger charge is -2.14. The summed E-state index contributed by atoms with van der Waals surface area (Å²) in [5.74, 6) is 1.50. The molecule has 0 atom stereocenters. The standard InChI is InChI=1S/C23H21N3O2/c24-15-21(18-8-10-25-11-9-18)23-20-7-6-19(14-22(20)27-13-12-26-23)28-16-17-4-2-1-3-5-17/h1-11,14-15H,12-13,16,24H2. The lowest BCUT2D eigenvalue weighted by Crippen LogP contribution is -2.07. The molecule has 3 aromatic rings. The van der Waals surface area contributed by atoms with Gasteiger partial charge >= 0.3 is 0 Å². The van der Waals surface area contributed by atoms with Crippen molar-refractivity contribution in [1.82, 2.24) is 4.98 Å². The number of fused-ring (bicyclic) bond motifs is 1. The van der Waals surface area contributed by atoms with E-state index in [0.29, 0.717) is 19.8 Å². The van der Waals surface area contributed by atoms with E-state index in [1.807, 2.05) is 60.7 Å². The third-order valence-corrected chi connectivity index (χ3v) is 4.49. The van der Waals surface area contributed by atoms with E-state index in [9.17, 15) is 0 Å². The van der Waals surface area contributed by atoms with Crippen LogP contribution in [-0.2, 0) is 6.61 Å². The first-order valence-electron chi connectivity index (χ1n) is 9.16. The predicted molar refractivity (Wildman–Crippen MR) is 111 cm³/mol. The highest BCUT2D eigenvalue weighted by Gasteiger charge is 2.19. The molecule has 28 heavy (non-hydrogen) atoms. The van der Waals surface area contributed by atoms with Gasteiger partial charge in [0.15, 0.2) is 0 Å². The number of hydrogen-bond acceptors (Lipinski definition) is 5. The van der Waals surface area contributed by atoms with Crippen LogP contribution in [0.3, 0.4) is 0 Å². The molecule has 1 aliphatic heterocycles. The lowest BCUT2D eigenvalue weighted by molar-refractivity contribution is 0.298. The molecular weight excluding hydrogens is 350 g/mol. The van der Waals surface area contributed by atoms with Gasteiger partial charge in [0.2, 0.25) is 0 Å². The highest BCUT2D eigenvalue weighted by atomic mass is 16.5. The summed E-state index contributed by atoms with van der Waals surface area (Å²) in [6, 6.07) is 19.7. The molecule has 0 saturated heterocycles. The first kappa shape index (κ1) is 17.8. The summed E-state index contributed by atoms with van der Waals surface area (Å²) in [7, 11) is 0. The summed E-state index contributed by atoms with van der Waals surface area (Å²) in [5, 5.41) is 0. The summed E-state index contributed by atoms with van der Waals surface area (Å²) in [4.78, 5) is 8.80. The van der Waals surface area contributed by atoms with Crippen LogP contribution in [0, 0.1) is 0 Å². The normalized spacial score (nSPS) is 13.7. The van der Waals surface area contributed by atoms with Crippen LogP contribution >= 0.6 is 0 Å². The largest absolute Gasteiger partial charge is 0.491 e. The minimum Gasteiger partial charge on any atom is -0.491 e. The van der Waals surface area contributed by atoms with Gasteiger partial charge in [-0.15, -0.1) is 0 Å². The average molecular weight is 371 g/mol. The number of hydrogen-bond donors (Lipinski definition) is 1. The van der Waals surface area contributed by atoms with Crippen molar-refractivity contribution in [3.8, 4) is 11.5 Å². The fourth-order valence-corrected chi connectivity index (χ4v) is 3.12. The molecule has 0 unspecified atom stereocenters. The van der Waals surface area contributed by atoms with Crippen molar-refractivity contribution in [1.29, 1.82) is 0 Å². The number of nitrogens with zero attached hydrogens (tertiary/aromatic N) is 2. The fraction of sp³-hybridized carbons (Fsp3) is 0.130. The Balaban J connectivity index is 1.62. The smallest absolute Gasteiger partial charge is 0.132 e. The second-order valence-electron chi connectivity index (χ2n) is 6.33. The molecule has 0 amide bonds. The SMILES string of the molecule is NC=C(C1=NCCOc2cc(OCc3ccccc3)ccc21)c1ccncc1. The molecule has 4 rings (SSSR count). The molecule has 0 aliphatic carbocycles. The Morgan fingerprint density at radius 1 is 1.07 bits per heavy atom. The maximum Gasteiger partial charge on any atom is 0.132 e. The van der Waals surface area contributed by atoms with Crippen LogP contribution in [0.2, 0.25) is 0 Å². The highest BCUT2D eigenvalue weighted by molar-refractivity contribution is 6.32. The maximum absolute atomic E-state index is 5.96. The van der Waals surface area contributed by atoms with Crippen LogP contribution in [0.15, 0.2) is 84.2 Å². The highest BCUT2D eigenvalue weighted by Crippen LogP contribution is 2.31. The number of benzene rings is 2. The molecule has 1 aliphatic rings. The summed E-state index contributed by atoms with van der Waals surface area (Å²) >= 11 is 0. The topological polar surface area (TPSA) is 69.7 Å². The Morgan fingerprint density at radius 2 is 1.89 bits per heavy atom.